The van der Waals surface area contributed by atoms with Gasteiger partial charge in [0.25, 0.3) is 16.7 Å². The van der Waals surface area contributed by atoms with Gasteiger partial charge in [0.15, 0.2) is 70.2 Å². The number of hydrogen-bond acceptors (Lipinski definition) is 44. The highest BCUT2D eigenvalue weighted by Gasteiger charge is 2.66. The van der Waals surface area contributed by atoms with Gasteiger partial charge in [-0.05, 0) is 89.4 Å². The summed E-state index contributed by atoms with van der Waals surface area (Å²) < 4.78 is 151. The smallest absolute Gasteiger partial charge is 0.386 e. The fraction of sp³-hybridized carbons (Fsp3) is 0.470. The Kier molecular flexibility index (Phi) is 24.7. The summed E-state index contributed by atoms with van der Waals surface area (Å²) in [6.45, 7) is -26.1. The molecule has 10 aliphatic rings. The van der Waals surface area contributed by atoms with Gasteiger partial charge in [0.1, 0.15) is 83.7 Å². The largest absolute Gasteiger partial charge is 0.398 e. The average Bonchev–Trinajstić information content (AvgIpc) is 1.55. The van der Waals surface area contributed by atoms with Crippen LogP contribution in [0.25, 0.3) is 66.7 Å². The molecule has 0 saturated carbocycles. The van der Waals surface area contributed by atoms with Crippen LogP contribution in [0.4, 0.5) is 39.3 Å². The van der Waals surface area contributed by atoms with E-state index >= 15 is 4.39 Å². The van der Waals surface area contributed by atoms with E-state index in [1.807, 2.05) is 12.1 Å². The highest BCUT2D eigenvalue weighted by atomic mass is 32.7. The summed E-state index contributed by atoms with van der Waals surface area (Å²) >= 11 is 30.9. The number of aromatic nitrogens is 19. The van der Waals surface area contributed by atoms with Crippen molar-refractivity contribution in [2.45, 2.75) is 148 Å². The number of alkyl halides is 1. The Morgan fingerprint density at radius 1 is 0.417 bits per heavy atom. The van der Waals surface area contributed by atoms with E-state index in [9.17, 15) is 43.4 Å². The zero-order valence-electron chi connectivity index (χ0n) is 67.1. The summed E-state index contributed by atoms with van der Waals surface area (Å²) in [6, 6.07) is 8.63. The molecule has 66 heteroatoms. The molecule has 12 aromatic heterocycles. The first kappa shape index (κ1) is 92.4. The quantitative estimate of drug-likeness (QED) is 0.0840. The van der Waals surface area contributed by atoms with Crippen molar-refractivity contribution in [3.8, 4) is 0 Å². The molecule has 10 aliphatic heterocycles. The number of nitrogens with two attached hydrogens (primary N) is 6. The molecule has 706 valence electrons. The third kappa shape index (κ3) is 18.1. The van der Waals surface area contributed by atoms with E-state index in [4.69, 9.17) is 181 Å². The van der Waals surface area contributed by atoms with Gasteiger partial charge >= 0.3 is 40.4 Å². The molecule has 8 bridgehead atoms. The van der Waals surface area contributed by atoms with Gasteiger partial charge in [-0.3, -0.25) is 65.7 Å². The fourth-order valence-corrected chi connectivity index (χ4v) is 25.8. The summed E-state index contributed by atoms with van der Waals surface area (Å²) in [7, 11) is 0. The summed E-state index contributed by atoms with van der Waals surface area (Å²) in [5.41, 5.74) is 35.8. The first-order chi connectivity index (χ1) is 62.8. The Morgan fingerprint density at radius 3 is 1.34 bits per heavy atom. The van der Waals surface area contributed by atoms with Gasteiger partial charge in [-0.15, -0.1) is 0 Å². The van der Waals surface area contributed by atoms with Crippen LogP contribution in [-0.2, 0) is 151 Å². The van der Waals surface area contributed by atoms with Crippen molar-refractivity contribution in [1.82, 2.24) is 92.2 Å². The van der Waals surface area contributed by atoms with E-state index in [1.165, 1.54) is 45.2 Å². The Balaban J connectivity index is 0.000000123. The van der Waals surface area contributed by atoms with Crippen LogP contribution < -0.4 is 51.1 Å². The number of nitrogen functional groups attached to an aromatic ring is 6. The van der Waals surface area contributed by atoms with Crippen LogP contribution in [0.5, 0.6) is 0 Å². The lowest BCUT2D eigenvalue weighted by Gasteiger charge is -2.33. The van der Waals surface area contributed by atoms with Gasteiger partial charge in [0.05, 0.1) is 102 Å². The second kappa shape index (κ2) is 35.3. The van der Waals surface area contributed by atoms with E-state index in [-0.39, 0.29) is 110 Å². The van der Waals surface area contributed by atoms with Crippen molar-refractivity contribution in [3.63, 3.8) is 0 Å². The topological polar surface area (TPSA) is 707 Å². The molecule has 22 heterocycles. The van der Waals surface area contributed by atoms with Crippen molar-refractivity contribution < 1.29 is 121 Å². The minimum atomic E-state index is -4.29. The summed E-state index contributed by atoms with van der Waals surface area (Å²) in [6.07, 6.45) is -4.65. The normalized spacial score (nSPS) is 36.9. The Bertz CT molecular complexity index is 6800. The van der Waals surface area contributed by atoms with Gasteiger partial charge in [0.2, 0.25) is 17.8 Å². The minimum absolute atomic E-state index is 0.0163. The van der Waals surface area contributed by atoms with Gasteiger partial charge in [-0.2, -0.15) is 15.0 Å². The van der Waals surface area contributed by atoms with Crippen LogP contribution in [0.1, 0.15) is 63.1 Å². The zero-order chi connectivity index (χ0) is 92.4. The van der Waals surface area contributed by atoms with Crippen molar-refractivity contribution in [1.29, 1.82) is 0 Å². The molecule has 0 spiro atoms. The molecule has 0 aliphatic carbocycles. The van der Waals surface area contributed by atoms with E-state index in [1.54, 1.807) is 56.7 Å². The third-order valence-electron chi connectivity index (χ3n) is 22.8. The van der Waals surface area contributed by atoms with E-state index in [0.29, 0.717) is 39.5 Å². The lowest BCUT2D eigenvalue weighted by molar-refractivity contribution is -0.183. The lowest BCUT2D eigenvalue weighted by Crippen LogP contribution is -2.45. The number of thiol groups is 1. The number of halogens is 1. The Labute approximate surface area is 768 Å². The summed E-state index contributed by atoms with van der Waals surface area (Å²) in [5, 5.41) is 1.49. The Morgan fingerprint density at radius 2 is 0.833 bits per heavy atom. The van der Waals surface area contributed by atoms with Crippen LogP contribution in [0.2, 0.25) is 0 Å². The molecule has 7 unspecified atom stereocenters. The number of nitrogens with zero attached hydrogens (tertiary/aromatic N) is 16. The maximum absolute atomic E-state index is 16.0. The van der Waals surface area contributed by atoms with Gasteiger partial charge in [-0.1, -0.05) is 12.2 Å². The van der Waals surface area contributed by atoms with E-state index in [2.05, 4.69) is 77.0 Å². The summed E-state index contributed by atoms with van der Waals surface area (Å²) in [5.74, 6) is -0.484. The van der Waals surface area contributed by atoms with Crippen LogP contribution in [0.15, 0.2) is 101 Å². The average molecular weight is 2060 g/mol. The number of rotatable bonds is 6. The van der Waals surface area contributed by atoms with Gasteiger partial charge in [-0.25, -0.2) is 43.8 Å². The maximum Gasteiger partial charge on any atom is 0.386 e. The number of pyridine rings is 3. The predicted molar refractivity (Wildman–Crippen MR) is 477 cm³/mol. The summed E-state index contributed by atoms with van der Waals surface area (Å²) in [4.78, 5) is 142. The number of nitrogens with one attached hydrogen (secondary N) is 3. The molecule has 22 rings (SSSR count). The van der Waals surface area contributed by atoms with E-state index < -0.39 is 193 Å². The van der Waals surface area contributed by atoms with Gasteiger partial charge in [0, 0.05) is 78.8 Å². The lowest BCUT2D eigenvalue weighted by atomic mass is 10.0. The highest BCUT2D eigenvalue weighted by molar-refractivity contribution is 8.44. The van der Waals surface area contributed by atoms with Crippen molar-refractivity contribution >= 4 is 213 Å². The molecular formula is C66H76FN25O28P6S6. The highest BCUT2D eigenvalue weighted by Crippen LogP contribution is 2.62. The van der Waals surface area contributed by atoms with Crippen molar-refractivity contribution in [3.05, 3.63) is 118 Å². The second-order valence-corrected chi connectivity index (χ2v) is 48.2. The zero-order valence-corrected chi connectivity index (χ0v) is 77.5. The minimum Gasteiger partial charge on any atom is -0.398 e. The number of ether oxygens (including phenoxy) is 7. The first-order valence-electron chi connectivity index (χ1n) is 39.6. The second-order valence-electron chi connectivity index (χ2n) is 31.4. The van der Waals surface area contributed by atoms with Crippen LogP contribution in [0.3, 0.4) is 0 Å². The van der Waals surface area contributed by atoms with E-state index in [0.717, 1.165) is 10.8 Å². The monoisotopic (exact) mass is 2060 g/mol. The Hall–Kier alpha value is -7.35. The molecule has 10 fully saturated rings. The molecular weight excluding hydrogens is 1990 g/mol. The van der Waals surface area contributed by atoms with Crippen LogP contribution >= 0.6 is 52.6 Å². The number of anilines is 6. The SMILES string of the molecule is Nc1nc2c(ncn2[C@@H]2O[C@@H]3COP(O)(=S)O[C@H]4C[C@H](n5ccc6c(N)ccnc65)OC4COP(O)(=S)O[C@@H]2C3)c(=O)[nH]1.Nc1nc2c(ncn2[C@@H]2O[C@@H]3COP(O)(=S)O[C@H]4C[C@H](n5ccc6c(N)ccnc65)O[C@@H]4COP(=O)(S)O[C@@H]2C3)c(=O)[nH]1.Nc1nc2c(ncn2[C@@H]2O[C@@H]3COP(O)(=S)O[C@H]4[C@H]5OC[C@]4(COP(O)(=S)O[C@@H]2[C@H]3F)O[C@H]5n2cnc3c(N)ccnc32)c(=O)[nH]1. The molecule has 26 atom stereocenters. The number of H-pyrrole nitrogens is 3. The van der Waals surface area contributed by atoms with Gasteiger partial charge < -0.3 is 137 Å². The molecule has 0 radical (unpaired) electrons. The van der Waals surface area contributed by atoms with Crippen LogP contribution in [0, 0.1) is 0 Å². The standard InChI is InChI=1S/C22H24FN9O10P2S2.2C22H26N8O9P2S2/c23-10-9-3-37-43(34,45)42-15-14-20(31-6-27-11-8(24)1-2-26-16(11)31)40-22(15,4-36-14)5-38-44(35,46)41-13(10)19(39-9)32-7-28-12-17(32)29-21(25)30-18(12)33;2*23-12-1-3-25-18-11(12)2-4-29(18)16-6-13-15(37-16)8-35-41(33,43)39-14-5-10(7-34-40(32,42)38-13)36-21(14)30-9-26-17-19(30)27-22(24)28-20(17)31/h1-2,6-7,9-10,13-15,19-20H,3-5H2,(H2,24,26)(H,34,45)(H,35,46)(H3,25,29,30,33);2*1-4,9-10,13-16,21H,5-8H2,(H2,23,25)(H,32,42)(H,33,43)(H3,24,27,28,31)/t9-,10+,13-,14-,15+,19-,20-,22-,43?,44?;10-,13-,14+,15?,16+,21+,40?,41?;10-,13-,14+,15+,16+,21+,40?,41?/m100/s1. The molecule has 53 nitrogen and oxygen atoms in total. The van der Waals surface area contributed by atoms with Crippen molar-refractivity contribution in [2.24, 2.45) is 0 Å². The fourth-order valence-electron chi connectivity index (χ4n) is 17.0. The molecule has 0 amide bonds. The number of imidazole rings is 4. The third-order valence-corrected chi connectivity index (χ3v) is 32.3. The first-order valence-corrected chi connectivity index (χ1v) is 55.2. The number of fused-ring (bicyclic) bond motifs is 14. The number of hydrogen-bond donors (Lipinski definition) is 15. The van der Waals surface area contributed by atoms with Crippen LogP contribution in [-0.4, -0.2) is 248 Å². The maximum atomic E-state index is 16.0. The molecule has 132 heavy (non-hydrogen) atoms. The number of aromatic amines is 3. The molecule has 12 aromatic rings. The molecule has 10 saturated heterocycles. The molecule has 20 N–H and O–H groups in total. The predicted octanol–water partition coefficient (Wildman–Crippen LogP) is 3.02. The molecule has 0 aromatic carbocycles. The van der Waals surface area contributed by atoms with Crippen molar-refractivity contribution in [2.75, 3.05) is 80.7 Å².